The molecule has 0 bridgehead atoms. The molecule has 3 N–H and O–H groups in total. The lowest BCUT2D eigenvalue weighted by Gasteiger charge is -2.13. The number of hydrogen-bond donors (Lipinski definition) is 2. The van der Waals surface area contributed by atoms with E-state index in [1.165, 1.54) is 5.56 Å². The number of hydrogen-bond acceptors (Lipinski definition) is 2. The molecule has 4 nitrogen and oxygen atoms in total. The third-order valence-corrected chi connectivity index (χ3v) is 4.80. The molecule has 3 aromatic rings. The van der Waals surface area contributed by atoms with Gasteiger partial charge in [0, 0.05) is 5.56 Å². The van der Waals surface area contributed by atoms with Crippen LogP contribution in [0, 0.1) is 5.92 Å². The Hall–Kier alpha value is -3.40. The summed E-state index contributed by atoms with van der Waals surface area (Å²) in [4.78, 5) is 23.1. The first kappa shape index (κ1) is 19.4. The third kappa shape index (κ3) is 4.65. The predicted molar refractivity (Wildman–Crippen MR) is 110 cm³/mol. The zero-order chi connectivity index (χ0) is 20.1. The van der Waals surface area contributed by atoms with Gasteiger partial charge in [-0.2, -0.15) is 0 Å². The monoisotopic (exact) mass is 373 g/mol. The van der Waals surface area contributed by atoms with Gasteiger partial charge in [-0.3, -0.25) is 9.59 Å². The van der Waals surface area contributed by atoms with Gasteiger partial charge >= 0.3 is 5.97 Å². The van der Waals surface area contributed by atoms with Crippen molar-refractivity contribution in [3.05, 3.63) is 95.1 Å². The first-order valence-corrected chi connectivity index (χ1v) is 9.23. The van der Waals surface area contributed by atoms with Gasteiger partial charge in [-0.15, -0.1) is 0 Å². The summed E-state index contributed by atoms with van der Waals surface area (Å²) in [6.07, 6.45) is 1.18. The quantitative estimate of drug-likeness (QED) is 0.648. The van der Waals surface area contributed by atoms with Crippen LogP contribution in [-0.4, -0.2) is 17.0 Å². The zero-order valence-corrected chi connectivity index (χ0v) is 15.8. The van der Waals surface area contributed by atoms with E-state index in [0.29, 0.717) is 12.0 Å². The Kier molecular flexibility index (Phi) is 5.90. The van der Waals surface area contributed by atoms with Gasteiger partial charge in [0.25, 0.3) is 0 Å². The predicted octanol–water partition coefficient (Wildman–Crippen LogP) is 4.31. The maximum absolute atomic E-state index is 12.0. The van der Waals surface area contributed by atoms with Crippen LogP contribution in [0.1, 0.15) is 34.0 Å². The summed E-state index contributed by atoms with van der Waals surface area (Å²) in [5, 5.41) is 9.16. The number of nitrogens with two attached hydrogens (primary N) is 1. The van der Waals surface area contributed by atoms with Gasteiger partial charge in [0.2, 0.25) is 5.91 Å². The van der Waals surface area contributed by atoms with Crippen LogP contribution in [-0.2, 0) is 17.6 Å². The van der Waals surface area contributed by atoms with Crippen molar-refractivity contribution in [2.24, 2.45) is 11.7 Å². The molecular formula is C24H23NO3. The maximum Gasteiger partial charge on any atom is 0.306 e. The number of carboxylic acid groups (broad SMARTS) is 1. The van der Waals surface area contributed by atoms with Gasteiger partial charge in [-0.25, -0.2) is 0 Å². The highest BCUT2D eigenvalue weighted by atomic mass is 16.4. The normalized spacial score (nSPS) is 11.8. The van der Waals surface area contributed by atoms with Crippen LogP contribution in [0.15, 0.2) is 72.8 Å². The number of primary amides is 1. The van der Waals surface area contributed by atoms with Gasteiger partial charge < -0.3 is 10.8 Å². The Morgan fingerprint density at radius 2 is 1.61 bits per heavy atom. The second-order valence-electron chi connectivity index (χ2n) is 7.05. The minimum absolute atomic E-state index is 0.429. The van der Waals surface area contributed by atoms with E-state index in [9.17, 15) is 9.59 Å². The Bertz CT molecular complexity index is 996. The molecule has 1 amide bonds. The number of benzene rings is 3. The van der Waals surface area contributed by atoms with Crippen molar-refractivity contribution in [2.75, 3.05) is 0 Å². The van der Waals surface area contributed by atoms with Crippen LogP contribution in [0.5, 0.6) is 0 Å². The summed E-state index contributed by atoms with van der Waals surface area (Å²) in [6, 6.07) is 23.4. The van der Waals surface area contributed by atoms with E-state index in [1.54, 1.807) is 13.0 Å². The number of carbonyl (C=O) groups is 2. The molecule has 0 saturated heterocycles. The average molecular weight is 373 g/mol. The highest BCUT2D eigenvalue weighted by Crippen LogP contribution is 2.27. The Balaban J connectivity index is 1.98. The van der Waals surface area contributed by atoms with Crippen molar-refractivity contribution in [1.82, 2.24) is 0 Å². The molecule has 0 aromatic heterocycles. The second kappa shape index (κ2) is 8.53. The molecule has 0 aliphatic heterocycles. The third-order valence-electron chi connectivity index (χ3n) is 4.80. The van der Waals surface area contributed by atoms with E-state index < -0.39 is 17.8 Å². The largest absolute Gasteiger partial charge is 0.481 e. The molecule has 142 valence electrons. The van der Waals surface area contributed by atoms with Gasteiger partial charge in [0.1, 0.15) is 0 Å². The number of rotatable bonds is 7. The van der Waals surface area contributed by atoms with E-state index >= 15 is 0 Å². The number of carbonyl (C=O) groups excluding carboxylic acids is 1. The SMILES string of the molecule is CC(Cc1cccc(-c2cc(Cc3ccccc3)ccc2C(N)=O)c1)C(=O)O. The molecule has 3 aromatic carbocycles. The van der Waals surface area contributed by atoms with Crippen molar-refractivity contribution < 1.29 is 14.7 Å². The summed E-state index contributed by atoms with van der Waals surface area (Å²) >= 11 is 0. The van der Waals surface area contributed by atoms with Gasteiger partial charge in [0.05, 0.1) is 5.92 Å². The summed E-state index contributed by atoms with van der Waals surface area (Å²) in [7, 11) is 0. The summed E-state index contributed by atoms with van der Waals surface area (Å²) < 4.78 is 0. The minimum atomic E-state index is -0.826. The van der Waals surface area contributed by atoms with Crippen molar-refractivity contribution in [2.45, 2.75) is 19.8 Å². The average Bonchev–Trinajstić information content (AvgIpc) is 2.68. The maximum atomic E-state index is 12.0. The van der Waals surface area contributed by atoms with E-state index in [4.69, 9.17) is 10.8 Å². The van der Waals surface area contributed by atoms with E-state index in [1.807, 2.05) is 54.6 Å². The lowest BCUT2D eigenvalue weighted by Crippen LogP contribution is -2.13. The highest BCUT2D eigenvalue weighted by molar-refractivity contribution is 6.00. The Morgan fingerprint density at radius 3 is 2.29 bits per heavy atom. The molecule has 3 rings (SSSR count). The molecule has 1 atom stereocenters. The number of amides is 1. The Morgan fingerprint density at radius 1 is 0.893 bits per heavy atom. The fraction of sp³-hybridized carbons (Fsp3) is 0.167. The molecule has 4 heteroatoms. The van der Waals surface area contributed by atoms with Crippen molar-refractivity contribution in [1.29, 1.82) is 0 Å². The molecule has 0 aliphatic rings. The molecule has 0 saturated carbocycles. The summed E-state index contributed by atoms with van der Waals surface area (Å²) in [6.45, 7) is 1.68. The van der Waals surface area contributed by atoms with Crippen LogP contribution >= 0.6 is 0 Å². The lowest BCUT2D eigenvalue weighted by molar-refractivity contribution is -0.141. The van der Waals surface area contributed by atoms with E-state index in [0.717, 1.165) is 28.7 Å². The van der Waals surface area contributed by atoms with Crippen LogP contribution in [0.25, 0.3) is 11.1 Å². The minimum Gasteiger partial charge on any atom is -0.481 e. The van der Waals surface area contributed by atoms with Crippen LogP contribution in [0.2, 0.25) is 0 Å². The molecule has 28 heavy (non-hydrogen) atoms. The van der Waals surface area contributed by atoms with Crippen LogP contribution in [0.4, 0.5) is 0 Å². The standard InChI is InChI=1S/C24H23NO3/c1-16(24(27)28)12-18-8-5-9-20(14-18)22-15-19(10-11-21(22)23(25)26)13-17-6-3-2-4-7-17/h2-11,14-16H,12-13H2,1H3,(H2,25,26)(H,27,28). The van der Waals surface area contributed by atoms with Gasteiger partial charge in [0.15, 0.2) is 0 Å². The van der Waals surface area contributed by atoms with Gasteiger partial charge in [-0.05, 0) is 46.7 Å². The molecule has 0 radical (unpaired) electrons. The van der Waals surface area contributed by atoms with E-state index in [-0.39, 0.29) is 0 Å². The number of aliphatic carboxylic acids is 1. The van der Waals surface area contributed by atoms with Crippen molar-refractivity contribution in [3.63, 3.8) is 0 Å². The number of carboxylic acids is 1. The first-order valence-electron chi connectivity index (χ1n) is 9.23. The lowest BCUT2D eigenvalue weighted by atomic mass is 9.92. The van der Waals surface area contributed by atoms with Crippen LogP contribution < -0.4 is 5.73 Å². The Labute approximate surface area is 164 Å². The van der Waals surface area contributed by atoms with Crippen molar-refractivity contribution in [3.8, 4) is 11.1 Å². The molecule has 1 unspecified atom stereocenters. The summed E-state index contributed by atoms with van der Waals surface area (Å²) in [5.74, 6) is -1.78. The van der Waals surface area contributed by atoms with Crippen LogP contribution in [0.3, 0.4) is 0 Å². The van der Waals surface area contributed by atoms with E-state index in [2.05, 4.69) is 12.1 Å². The molecule has 0 aliphatic carbocycles. The van der Waals surface area contributed by atoms with Gasteiger partial charge in [-0.1, -0.05) is 73.7 Å². The van der Waals surface area contributed by atoms with Crippen molar-refractivity contribution >= 4 is 11.9 Å². The second-order valence-corrected chi connectivity index (χ2v) is 7.05. The molecular weight excluding hydrogens is 350 g/mol. The summed E-state index contributed by atoms with van der Waals surface area (Å²) in [5.41, 5.74) is 10.9. The fourth-order valence-corrected chi connectivity index (χ4v) is 3.29. The smallest absolute Gasteiger partial charge is 0.306 e. The first-order chi connectivity index (χ1) is 13.4. The molecule has 0 spiro atoms. The fourth-order valence-electron chi connectivity index (χ4n) is 3.29. The highest BCUT2D eigenvalue weighted by Gasteiger charge is 2.14. The zero-order valence-electron chi connectivity index (χ0n) is 15.8. The topological polar surface area (TPSA) is 80.4 Å². The molecule has 0 heterocycles. The molecule has 0 fully saturated rings.